The standard InChI is InChI=1S/C71H48N2/c1-5-24-49(25-6-1)55-38-21-26-50-27-22-39-60(69(50)55)58-35-14-18-42-65(58)73(54-46-47-57-56-34-13-17-41-63(56)71(64(57)48-54,51-28-7-2-8-29-51)52-30-9-3-10-31-52)66-43-19-15-36-59(66)61-40-23-45-68-70(61)62-37-16-20-44-67(62)72(68)53-32-11-4-12-33-53/h1-48H. The highest BCUT2D eigenvalue weighted by Crippen LogP contribution is 2.58. The third kappa shape index (κ3) is 6.65. The molecule has 0 aliphatic heterocycles. The predicted octanol–water partition coefficient (Wildman–Crippen LogP) is 18.8. The molecule has 0 bridgehead atoms. The molecule has 12 aromatic carbocycles. The number of anilines is 3. The van der Waals surface area contributed by atoms with E-state index in [1.807, 2.05) is 0 Å². The van der Waals surface area contributed by atoms with Crippen molar-refractivity contribution >= 4 is 49.6 Å². The zero-order valence-electron chi connectivity index (χ0n) is 40.1. The molecule has 1 aliphatic carbocycles. The van der Waals surface area contributed by atoms with Crippen molar-refractivity contribution in [2.24, 2.45) is 0 Å². The fraction of sp³-hybridized carbons (Fsp3) is 0.0141. The Hall–Kier alpha value is -9.50. The highest BCUT2D eigenvalue weighted by molar-refractivity contribution is 6.17. The van der Waals surface area contributed by atoms with Gasteiger partial charge in [0.15, 0.2) is 0 Å². The SMILES string of the molecule is c1ccc(-c2cccc3cccc(-c4ccccc4N(c4ccc5c(c4)C(c4ccccc4)(c4ccccc4)c4ccccc4-5)c4ccccc4-c4cccc5c4c4ccccc4n5-c4ccccc4)c23)cc1. The van der Waals surface area contributed by atoms with Crippen LogP contribution in [0, 0.1) is 0 Å². The minimum Gasteiger partial charge on any atom is -0.309 e. The van der Waals surface area contributed by atoms with Gasteiger partial charge in [-0.1, -0.05) is 243 Å². The van der Waals surface area contributed by atoms with Gasteiger partial charge in [-0.3, -0.25) is 0 Å². The molecule has 0 atom stereocenters. The molecule has 0 spiro atoms. The normalized spacial score (nSPS) is 12.5. The first-order valence-corrected chi connectivity index (χ1v) is 25.3. The largest absolute Gasteiger partial charge is 0.309 e. The van der Waals surface area contributed by atoms with E-state index in [-0.39, 0.29) is 0 Å². The van der Waals surface area contributed by atoms with Gasteiger partial charge in [0, 0.05) is 33.3 Å². The summed E-state index contributed by atoms with van der Waals surface area (Å²) in [5.74, 6) is 0. The van der Waals surface area contributed by atoms with Crippen LogP contribution in [0.2, 0.25) is 0 Å². The van der Waals surface area contributed by atoms with E-state index in [1.165, 1.54) is 88.2 Å². The van der Waals surface area contributed by atoms with Gasteiger partial charge >= 0.3 is 0 Å². The summed E-state index contributed by atoms with van der Waals surface area (Å²) in [5.41, 5.74) is 20.7. The van der Waals surface area contributed by atoms with Crippen LogP contribution in [0.3, 0.4) is 0 Å². The van der Waals surface area contributed by atoms with Crippen LogP contribution >= 0.6 is 0 Å². The molecule has 2 heteroatoms. The van der Waals surface area contributed by atoms with Gasteiger partial charge in [0.1, 0.15) is 0 Å². The van der Waals surface area contributed by atoms with E-state index < -0.39 is 5.41 Å². The monoisotopic (exact) mass is 928 g/mol. The lowest BCUT2D eigenvalue weighted by Crippen LogP contribution is -2.28. The van der Waals surface area contributed by atoms with Crippen molar-refractivity contribution in [3.05, 3.63) is 313 Å². The Morgan fingerprint density at radius 1 is 0.301 bits per heavy atom. The molecule has 2 nitrogen and oxygen atoms in total. The molecule has 0 saturated carbocycles. The summed E-state index contributed by atoms with van der Waals surface area (Å²) in [6.07, 6.45) is 0. The Balaban J connectivity index is 1.08. The maximum atomic E-state index is 2.55. The summed E-state index contributed by atoms with van der Waals surface area (Å²) in [7, 11) is 0. The number of hydrogen-bond donors (Lipinski definition) is 0. The van der Waals surface area contributed by atoms with Crippen molar-refractivity contribution in [1.29, 1.82) is 0 Å². The fourth-order valence-electron chi connectivity index (χ4n) is 12.3. The van der Waals surface area contributed by atoms with E-state index in [0.717, 1.165) is 33.9 Å². The van der Waals surface area contributed by atoms with Gasteiger partial charge in [0.2, 0.25) is 0 Å². The summed E-state index contributed by atoms with van der Waals surface area (Å²) in [6.45, 7) is 0. The van der Waals surface area contributed by atoms with Gasteiger partial charge in [-0.15, -0.1) is 0 Å². The maximum Gasteiger partial charge on any atom is 0.0714 e. The molecular formula is C71H48N2. The van der Waals surface area contributed by atoms with Gasteiger partial charge in [0.25, 0.3) is 0 Å². The van der Waals surface area contributed by atoms with Gasteiger partial charge in [-0.2, -0.15) is 0 Å². The van der Waals surface area contributed by atoms with E-state index in [1.54, 1.807) is 0 Å². The number of nitrogens with zero attached hydrogens (tertiary/aromatic N) is 2. The van der Waals surface area contributed by atoms with E-state index in [9.17, 15) is 0 Å². The average Bonchev–Trinajstić information content (AvgIpc) is 3.97. The molecule has 0 fully saturated rings. The van der Waals surface area contributed by atoms with E-state index in [2.05, 4.69) is 301 Å². The highest BCUT2D eigenvalue weighted by Gasteiger charge is 2.46. The summed E-state index contributed by atoms with van der Waals surface area (Å²) in [4.78, 5) is 2.55. The molecule has 0 radical (unpaired) electrons. The van der Waals surface area contributed by atoms with Gasteiger partial charge in [-0.05, 0) is 115 Å². The Bertz CT molecular complexity index is 4150. The maximum absolute atomic E-state index is 2.55. The number of fused-ring (bicyclic) bond motifs is 7. The molecule has 73 heavy (non-hydrogen) atoms. The van der Waals surface area contributed by atoms with Crippen molar-refractivity contribution in [1.82, 2.24) is 4.57 Å². The van der Waals surface area contributed by atoms with E-state index in [4.69, 9.17) is 0 Å². The molecule has 13 aromatic rings. The third-order valence-electron chi connectivity index (χ3n) is 15.3. The zero-order chi connectivity index (χ0) is 48.3. The molecule has 1 aliphatic rings. The topological polar surface area (TPSA) is 8.17 Å². The Kier molecular flexibility index (Phi) is 10.1. The summed E-state index contributed by atoms with van der Waals surface area (Å²) in [6, 6.07) is 107. The molecule has 1 aromatic heterocycles. The van der Waals surface area contributed by atoms with Crippen LogP contribution in [0.4, 0.5) is 17.1 Å². The van der Waals surface area contributed by atoms with E-state index >= 15 is 0 Å². The van der Waals surface area contributed by atoms with Crippen LogP contribution in [-0.2, 0) is 5.41 Å². The minimum atomic E-state index is -0.583. The number of benzene rings is 12. The molecule has 0 saturated heterocycles. The van der Waals surface area contributed by atoms with Crippen LogP contribution in [-0.4, -0.2) is 4.57 Å². The molecule has 1 heterocycles. The van der Waals surface area contributed by atoms with Crippen LogP contribution in [0.15, 0.2) is 291 Å². The lowest BCUT2D eigenvalue weighted by atomic mass is 9.67. The van der Waals surface area contributed by atoms with Crippen LogP contribution in [0.1, 0.15) is 22.3 Å². The highest BCUT2D eigenvalue weighted by atomic mass is 15.1. The lowest BCUT2D eigenvalue weighted by Gasteiger charge is -2.35. The predicted molar refractivity (Wildman–Crippen MR) is 307 cm³/mol. The number of aromatic nitrogens is 1. The quantitative estimate of drug-likeness (QED) is 0.140. The molecule has 14 rings (SSSR count). The van der Waals surface area contributed by atoms with Crippen molar-refractivity contribution in [2.45, 2.75) is 5.41 Å². The summed E-state index contributed by atoms with van der Waals surface area (Å²) >= 11 is 0. The van der Waals surface area contributed by atoms with Crippen molar-refractivity contribution < 1.29 is 0 Å². The summed E-state index contributed by atoms with van der Waals surface area (Å²) < 4.78 is 2.42. The lowest BCUT2D eigenvalue weighted by molar-refractivity contribution is 0.768. The van der Waals surface area contributed by atoms with Gasteiger partial charge in [0.05, 0.1) is 27.8 Å². The van der Waals surface area contributed by atoms with Crippen LogP contribution in [0.25, 0.3) is 82.8 Å². The first kappa shape index (κ1) is 42.4. The second-order valence-corrected chi connectivity index (χ2v) is 19.1. The number of hydrogen-bond acceptors (Lipinski definition) is 1. The molecule has 0 N–H and O–H groups in total. The molecule has 0 amide bonds. The van der Waals surface area contributed by atoms with Gasteiger partial charge in [-0.25, -0.2) is 0 Å². The van der Waals surface area contributed by atoms with Crippen molar-refractivity contribution in [3.63, 3.8) is 0 Å². The Morgan fingerprint density at radius 2 is 0.781 bits per heavy atom. The smallest absolute Gasteiger partial charge is 0.0714 e. The fourth-order valence-corrected chi connectivity index (χ4v) is 12.3. The number of rotatable bonds is 9. The number of para-hydroxylation sites is 4. The first-order chi connectivity index (χ1) is 36.3. The molecule has 0 unspecified atom stereocenters. The van der Waals surface area contributed by atoms with Crippen LogP contribution < -0.4 is 4.90 Å². The van der Waals surface area contributed by atoms with Crippen molar-refractivity contribution in [2.75, 3.05) is 4.90 Å². The second-order valence-electron chi connectivity index (χ2n) is 19.1. The van der Waals surface area contributed by atoms with E-state index in [0.29, 0.717) is 0 Å². The van der Waals surface area contributed by atoms with Crippen molar-refractivity contribution in [3.8, 4) is 50.2 Å². The Morgan fingerprint density at radius 3 is 1.45 bits per heavy atom. The Labute approximate surface area is 426 Å². The zero-order valence-corrected chi connectivity index (χ0v) is 40.1. The molecule has 342 valence electrons. The first-order valence-electron chi connectivity index (χ1n) is 25.3. The van der Waals surface area contributed by atoms with Crippen LogP contribution in [0.5, 0.6) is 0 Å². The third-order valence-corrected chi connectivity index (χ3v) is 15.3. The minimum absolute atomic E-state index is 0.583. The second kappa shape index (κ2) is 17.4. The average molecular weight is 929 g/mol. The molecular weight excluding hydrogens is 881 g/mol. The summed E-state index contributed by atoms with van der Waals surface area (Å²) in [5, 5.41) is 4.87. The van der Waals surface area contributed by atoms with Gasteiger partial charge < -0.3 is 9.47 Å².